The van der Waals surface area contributed by atoms with Crippen molar-refractivity contribution in [1.82, 2.24) is 5.32 Å². The van der Waals surface area contributed by atoms with Crippen LogP contribution in [0.1, 0.15) is 28.6 Å². The van der Waals surface area contributed by atoms with Gasteiger partial charge in [-0.25, -0.2) is 4.79 Å². The van der Waals surface area contributed by atoms with Crippen LogP contribution in [-0.4, -0.2) is 18.5 Å². The second-order valence-corrected chi connectivity index (χ2v) is 7.90. The molecule has 37 heavy (non-hydrogen) atoms. The highest BCUT2D eigenvalue weighted by atomic mass is 16.6. The van der Waals surface area contributed by atoms with Crippen molar-refractivity contribution in [2.75, 3.05) is 6.61 Å². The van der Waals surface area contributed by atoms with Crippen LogP contribution in [0.4, 0.5) is 0 Å². The van der Waals surface area contributed by atoms with E-state index in [1.54, 1.807) is 49.4 Å². The van der Waals surface area contributed by atoms with E-state index in [1.165, 1.54) is 12.3 Å². The first-order valence-corrected chi connectivity index (χ1v) is 11.6. The second kappa shape index (κ2) is 12.0. The highest BCUT2D eigenvalue weighted by Crippen LogP contribution is 2.30. The molecule has 0 aliphatic heterocycles. The number of ether oxygens (including phenoxy) is 2. The second-order valence-electron chi connectivity index (χ2n) is 7.90. The maximum atomic E-state index is 12.8. The van der Waals surface area contributed by atoms with Crippen LogP contribution in [0, 0.1) is 11.3 Å². The van der Waals surface area contributed by atoms with Gasteiger partial charge in [-0.1, -0.05) is 48.5 Å². The lowest BCUT2D eigenvalue weighted by Gasteiger charge is -2.12. The normalized spacial score (nSPS) is 10.9. The molecule has 184 valence electrons. The fourth-order valence-corrected chi connectivity index (χ4v) is 3.55. The van der Waals surface area contributed by atoms with E-state index in [2.05, 4.69) is 5.32 Å². The highest BCUT2D eigenvalue weighted by Gasteiger charge is 2.15. The van der Waals surface area contributed by atoms with Gasteiger partial charge in [-0.2, -0.15) is 5.26 Å². The van der Waals surface area contributed by atoms with Crippen LogP contribution < -0.4 is 14.8 Å². The molecule has 0 radical (unpaired) electrons. The molecule has 0 saturated heterocycles. The molecule has 4 rings (SSSR count). The number of carbonyl (C=O) groups excluding carboxylic acids is 2. The summed E-state index contributed by atoms with van der Waals surface area (Å²) >= 11 is 0. The summed E-state index contributed by atoms with van der Waals surface area (Å²) in [5.74, 6) is 0.0611. The minimum absolute atomic E-state index is 0.0859. The van der Waals surface area contributed by atoms with E-state index >= 15 is 0 Å². The number of rotatable bonds is 9. The molecule has 7 heteroatoms. The number of carbonyl (C=O) groups is 2. The smallest absolute Gasteiger partial charge is 0.343 e. The summed E-state index contributed by atoms with van der Waals surface area (Å²) in [6.45, 7) is 2.30. The van der Waals surface area contributed by atoms with Gasteiger partial charge in [0.25, 0.3) is 5.91 Å². The lowest BCUT2D eigenvalue weighted by molar-refractivity contribution is -0.117. The third-order valence-electron chi connectivity index (χ3n) is 5.38. The van der Waals surface area contributed by atoms with E-state index in [9.17, 15) is 14.9 Å². The lowest BCUT2D eigenvalue weighted by atomic mass is 10.0. The maximum absolute atomic E-state index is 12.8. The number of nitrogens with one attached hydrogen (secondary N) is 1. The summed E-state index contributed by atoms with van der Waals surface area (Å²) in [6, 6.07) is 27.2. The van der Waals surface area contributed by atoms with Crippen LogP contribution in [0.25, 0.3) is 17.2 Å². The zero-order valence-corrected chi connectivity index (χ0v) is 20.1. The molecule has 7 nitrogen and oxygen atoms in total. The molecule has 0 aliphatic rings. The number of esters is 1. The molecular weight excluding hydrogens is 468 g/mol. The summed E-state index contributed by atoms with van der Waals surface area (Å²) in [5, 5.41) is 12.1. The maximum Gasteiger partial charge on any atom is 0.343 e. The predicted molar refractivity (Wildman–Crippen MR) is 139 cm³/mol. The Labute approximate surface area is 214 Å². The first-order valence-electron chi connectivity index (χ1n) is 11.6. The van der Waals surface area contributed by atoms with Crippen LogP contribution in [0.2, 0.25) is 0 Å². The molecule has 0 bridgehead atoms. The third kappa shape index (κ3) is 6.53. The monoisotopic (exact) mass is 492 g/mol. The van der Waals surface area contributed by atoms with Crippen molar-refractivity contribution in [1.29, 1.82) is 5.26 Å². The number of amides is 1. The van der Waals surface area contributed by atoms with Gasteiger partial charge in [0, 0.05) is 0 Å². The van der Waals surface area contributed by atoms with Gasteiger partial charge < -0.3 is 19.2 Å². The molecule has 4 aromatic rings. The first-order chi connectivity index (χ1) is 18.1. The van der Waals surface area contributed by atoms with Crippen molar-refractivity contribution in [3.63, 3.8) is 0 Å². The summed E-state index contributed by atoms with van der Waals surface area (Å²) < 4.78 is 16.5. The van der Waals surface area contributed by atoms with E-state index in [4.69, 9.17) is 13.9 Å². The van der Waals surface area contributed by atoms with Crippen LogP contribution >= 0.6 is 0 Å². The Hall–Kier alpha value is -5.09. The molecule has 1 heterocycles. The molecule has 0 unspecified atom stereocenters. The largest absolute Gasteiger partial charge is 0.490 e. The van der Waals surface area contributed by atoms with E-state index < -0.39 is 11.9 Å². The Kier molecular flexibility index (Phi) is 8.15. The Morgan fingerprint density at radius 2 is 1.70 bits per heavy atom. The lowest BCUT2D eigenvalue weighted by Crippen LogP contribution is -2.23. The number of nitriles is 1. The Morgan fingerprint density at radius 3 is 2.38 bits per heavy atom. The molecule has 0 atom stereocenters. The number of benzene rings is 3. The Bertz CT molecular complexity index is 1430. The minimum atomic E-state index is -0.536. The Balaban J connectivity index is 1.48. The van der Waals surface area contributed by atoms with Gasteiger partial charge in [-0.15, -0.1) is 0 Å². The van der Waals surface area contributed by atoms with Gasteiger partial charge in [0.05, 0.1) is 25.0 Å². The van der Waals surface area contributed by atoms with Crippen LogP contribution in [-0.2, 0) is 11.3 Å². The van der Waals surface area contributed by atoms with Gasteiger partial charge in [0.2, 0.25) is 0 Å². The quantitative estimate of drug-likeness (QED) is 0.137. The highest BCUT2D eigenvalue weighted by molar-refractivity contribution is 6.01. The van der Waals surface area contributed by atoms with Crippen molar-refractivity contribution in [2.24, 2.45) is 0 Å². The molecule has 1 N–H and O–H groups in total. The molecule has 1 aromatic heterocycles. The number of hydrogen-bond donors (Lipinski definition) is 1. The zero-order valence-electron chi connectivity index (χ0n) is 20.1. The molecule has 0 spiro atoms. The SMILES string of the molecule is CCOc1cc(/C=C(\C#N)C(=O)NCc2ccco2)ccc1OC(=O)c1ccc(-c2ccccc2)cc1. The van der Waals surface area contributed by atoms with Crippen molar-refractivity contribution < 1.29 is 23.5 Å². The van der Waals surface area contributed by atoms with Gasteiger partial charge in [-0.05, 0) is 66.1 Å². The fourth-order valence-electron chi connectivity index (χ4n) is 3.55. The molecule has 0 aliphatic carbocycles. The van der Waals surface area contributed by atoms with E-state index in [-0.39, 0.29) is 17.9 Å². The topological polar surface area (TPSA) is 102 Å². The fraction of sp³-hybridized carbons (Fsp3) is 0.100. The van der Waals surface area contributed by atoms with Gasteiger partial charge >= 0.3 is 5.97 Å². The number of furan rings is 1. The standard InChI is InChI=1S/C30H24N2O5/c1-2-35-28-18-21(17-25(19-31)29(33)32-20-26-9-6-16-36-26)10-15-27(28)37-30(34)24-13-11-23(12-14-24)22-7-4-3-5-8-22/h3-18H,2,20H2,1H3,(H,32,33)/b25-17+. The molecule has 3 aromatic carbocycles. The zero-order chi connectivity index (χ0) is 26.0. The van der Waals surface area contributed by atoms with Gasteiger partial charge in [-0.3, -0.25) is 4.79 Å². The van der Waals surface area contributed by atoms with Crippen molar-refractivity contribution in [2.45, 2.75) is 13.5 Å². The number of hydrogen-bond acceptors (Lipinski definition) is 6. The summed E-state index contributed by atoms with van der Waals surface area (Å²) in [4.78, 5) is 25.2. The van der Waals surface area contributed by atoms with Crippen molar-refractivity contribution >= 4 is 18.0 Å². The average molecular weight is 493 g/mol. The summed E-state index contributed by atoms with van der Waals surface area (Å²) in [6.07, 6.45) is 2.94. The van der Waals surface area contributed by atoms with E-state index in [0.717, 1.165) is 11.1 Å². The van der Waals surface area contributed by atoms with Crippen molar-refractivity contribution in [3.05, 3.63) is 114 Å². The summed E-state index contributed by atoms with van der Waals surface area (Å²) in [7, 11) is 0. The van der Waals surface area contributed by atoms with Gasteiger partial charge in [0.15, 0.2) is 11.5 Å². The van der Waals surface area contributed by atoms with Crippen LogP contribution in [0.3, 0.4) is 0 Å². The summed E-state index contributed by atoms with van der Waals surface area (Å²) in [5.41, 5.74) is 2.89. The minimum Gasteiger partial charge on any atom is -0.490 e. The average Bonchev–Trinajstić information content (AvgIpc) is 3.46. The third-order valence-corrected chi connectivity index (χ3v) is 5.38. The molecule has 1 amide bonds. The van der Waals surface area contributed by atoms with E-state index in [0.29, 0.717) is 29.2 Å². The van der Waals surface area contributed by atoms with Crippen LogP contribution in [0.15, 0.2) is 101 Å². The van der Waals surface area contributed by atoms with Gasteiger partial charge in [0.1, 0.15) is 17.4 Å². The molecular formula is C30H24N2O5. The molecule has 0 saturated carbocycles. The van der Waals surface area contributed by atoms with Crippen LogP contribution in [0.5, 0.6) is 11.5 Å². The van der Waals surface area contributed by atoms with Crippen molar-refractivity contribution in [3.8, 4) is 28.7 Å². The van der Waals surface area contributed by atoms with E-state index in [1.807, 2.05) is 48.5 Å². The predicted octanol–water partition coefficient (Wildman–Crippen LogP) is 5.79. The molecule has 0 fully saturated rings. The Morgan fingerprint density at radius 1 is 0.946 bits per heavy atom. The number of nitrogens with zero attached hydrogens (tertiary/aromatic N) is 1. The first kappa shape index (κ1) is 25.0.